The molecule has 0 spiro atoms. The Morgan fingerprint density at radius 2 is 2.22 bits per heavy atom. The van der Waals surface area contributed by atoms with Crippen LogP contribution in [0.2, 0.25) is 5.02 Å². The summed E-state index contributed by atoms with van der Waals surface area (Å²) in [4.78, 5) is 13.8. The van der Waals surface area contributed by atoms with Crippen molar-refractivity contribution >= 4 is 23.4 Å². The predicted molar refractivity (Wildman–Crippen MR) is 92.2 cm³/mol. The summed E-state index contributed by atoms with van der Waals surface area (Å²) in [6.07, 6.45) is -0.347. The number of carbonyl (C=O) groups is 1. The highest BCUT2D eigenvalue weighted by molar-refractivity contribution is 6.30. The first-order chi connectivity index (χ1) is 10.7. The van der Waals surface area contributed by atoms with Crippen molar-refractivity contribution < 1.29 is 14.3 Å². The molecule has 0 aliphatic carbocycles. The topological polar surface area (TPSA) is 50.8 Å². The van der Waals surface area contributed by atoms with Gasteiger partial charge in [0.25, 0.3) is 0 Å². The van der Waals surface area contributed by atoms with E-state index in [0.717, 1.165) is 16.3 Å². The van der Waals surface area contributed by atoms with Gasteiger partial charge in [0.15, 0.2) is 0 Å². The van der Waals surface area contributed by atoms with Crippen molar-refractivity contribution in [3.05, 3.63) is 28.8 Å². The van der Waals surface area contributed by atoms with Gasteiger partial charge in [-0.15, -0.1) is 0 Å². The zero-order valence-electron chi connectivity index (χ0n) is 14.2. The zero-order valence-corrected chi connectivity index (χ0v) is 14.9. The van der Waals surface area contributed by atoms with Crippen molar-refractivity contribution in [1.82, 2.24) is 4.90 Å². The molecule has 1 aliphatic heterocycles. The Labute approximate surface area is 142 Å². The van der Waals surface area contributed by atoms with E-state index in [1.807, 2.05) is 45.9 Å². The van der Waals surface area contributed by atoms with E-state index in [0.29, 0.717) is 26.2 Å². The van der Waals surface area contributed by atoms with Crippen LogP contribution in [0, 0.1) is 6.92 Å². The van der Waals surface area contributed by atoms with Crippen LogP contribution in [0.25, 0.3) is 0 Å². The molecule has 1 fully saturated rings. The van der Waals surface area contributed by atoms with Crippen LogP contribution in [-0.4, -0.2) is 48.9 Å². The fourth-order valence-electron chi connectivity index (χ4n) is 2.38. The number of nitrogens with zero attached hydrogens (tertiary/aromatic N) is 1. The molecule has 1 aromatic rings. The van der Waals surface area contributed by atoms with Gasteiger partial charge in [-0.2, -0.15) is 0 Å². The molecule has 23 heavy (non-hydrogen) atoms. The lowest BCUT2D eigenvalue weighted by Crippen LogP contribution is -2.49. The molecule has 0 bridgehead atoms. The number of carbonyl (C=O) groups excluding carboxylic acids is 1. The number of benzene rings is 1. The van der Waals surface area contributed by atoms with E-state index in [9.17, 15) is 4.79 Å². The molecule has 0 unspecified atom stereocenters. The Kier molecular flexibility index (Phi) is 5.76. The van der Waals surface area contributed by atoms with Crippen molar-refractivity contribution in [2.45, 2.75) is 39.4 Å². The molecule has 1 aliphatic rings. The molecule has 1 aromatic carbocycles. The number of hydrogen-bond acceptors (Lipinski definition) is 4. The third-order valence-corrected chi connectivity index (χ3v) is 3.73. The van der Waals surface area contributed by atoms with Crippen molar-refractivity contribution in [2.75, 3.05) is 31.6 Å². The number of aryl methyl sites for hydroxylation is 1. The Balaban J connectivity index is 1.87. The normalized spacial score (nSPS) is 18.7. The van der Waals surface area contributed by atoms with Crippen LogP contribution < -0.4 is 5.32 Å². The summed E-state index contributed by atoms with van der Waals surface area (Å²) in [5, 5.41) is 4.08. The maximum absolute atomic E-state index is 12.1. The van der Waals surface area contributed by atoms with Gasteiger partial charge in [0.1, 0.15) is 5.60 Å². The van der Waals surface area contributed by atoms with Gasteiger partial charge in [-0.3, -0.25) is 0 Å². The number of halogens is 1. The van der Waals surface area contributed by atoms with Gasteiger partial charge in [-0.05, 0) is 51.5 Å². The van der Waals surface area contributed by atoms with E-state index in [1.165, 1.54) is 0 Å². The summed E-state index contributed by atoms with van der Waals surface area (Å²) in [6, 6.07) is 5.72. The van der Waals surface area contributed by atoms with Gasteiger partial charge in [0.05, 0.1) is 19.3 Å². The molecule has 1 heterocycles. The fraction of sp³-hybridized carbons (Fsp3) is 0.588. The first-order valence-electron chi connectivity index (χ1n) is 7.84. The maximum atomic E-state index is 12.1. The molecule has 1 N–H and O–H groups in total. The average Bonchev–Trinajstić information content (AvgIpc) is 2.45. The minimum atomic E-state index is -0.483. The molecule has 2 rings (SSSR count). The van der Waals surface area contributed by atoms with Crippen LogP contribution in [0.4, 0.5) is 10.5 Å². The van der Waals surface area contributed by atoms with Gasteiger partial charge >= 0.3 is 6.09 Å². The number of ether oxygens (including phenoxy) is 2. The van der Waals surface area contributed by atoms with Crippen molar-refractivity contribution in [2.24, 2.45) is 0 Å². The highest BCUT2D eigenvalue weighted by Gasteiger charge is 2.28. The molecule has 1 amide bonds. The first-order valence-corrected chi connectivity index (χ1v) is 8.22. The van der Waals surface area contributed by atoms with Crippen molar-refractivity contribution in [1.29, 1.82) is 0 Å². The Hall–Kier alpha value is -1.46. The van der Waals surface area contributed by atoms with Crippen LogP contribution in [-0.2, 0) is 9.47 Å². The highest BCUT2D eigenvalue weighted by Crippen LogP contribution is 2.20. The summed E-state index contributed by atoms with van der Waals surface area (Å²) < 4.78 is 11.2. The van der Waals surface area contributed by atoms with E-state index in [4.69, 9.17) is 21.1 Å². The van der Waals surface area contributed by atoms with Gasteiger partial charge in [-0.1, -0.05) is 11.6 Å². The molecule has 0 aromatic heterocycles. The number of morpholine rings is 1. The molecule has 1 saturated heterocycles. The Morgan fingerprint density at radius 3 is 2.87 bits per heavy atom. The standard InChI is InChI=1S/C17H25ClN2O3/c1-12-9-13(18)5-6-15(12)19-10-14-11-20(7-8-22-14)16(21)23-17(2,3)4/h5-6,9,14,19H,7-8,10-11H2,1-4H3/t14-/m1/s1. The molecule has 128 valence electrons. The summed E-state index contributed by atoms with van der Waals surface area (Å²) in [6.45, 7) is 9.84. The van der Waals surface area contributed by atoms with E-state index < -0.39 is 5.60 Å². The quantitative estimate of drug-likeness (QED) is 0.911. The Morgan fingerprint density at radius 1 is 1.48 bits per heavy atom. The summed E-state index contributed by atoms with van der Waals surface area (Å²) >= 11 is 5.96. The Bertz CT molecular complexity index is 557. The largest absolute Gasteiger partial charge is 0.444 e. The number of anilines is 1. The summed E-state index contributed by atoms with van der Waals surface area (Å²) in [7, 11) is 0. The summed E-state index contributed by atoms with van der Waals surface area (Å²) in [5.41, 5.74) is 1.62. The van der Waals surface area contributed by atoms with Crippen LogP contribution in [0.5, 0.6) is 0 Å². The van der Waals surface area contributed by atoms with Crippen LogP contribution >= 0.6 is 11.6 Å². The van der Waals surface area contributed by atoms with Gasteiger partial charge < -0.3 is 19.7 Å². The monoisotopic (exact) mass is 340 g/mol. The zero-order chi connectivity index (χ0) is 17.0. The summed E-state index contributed by atoms with van der Waals surface area (Å²) in [5.74, 6) is 0. The van der Waals surface area contributed by atoms with Crippen LogP contribution in [0.1, 0.15) is 26.3 Å². The minimum absolute atomic E-state index is 0.0636. The second-order valence-electron chi connectivity index (χ2n) is 6.76. The van der Waals surface area contributed by atoms with Gasteiger partial charge in [-0.25, -0.2) is 4.79 Å². The lowest BCUT2D eigenvalue weighted by molar-refractivity contribution is -0.0371. The maximum Gasteiger partial charge on any atom is 0.410 e. The van der Waals surface area contributed by atoms with Gasteiger partial charge in [0.2, 0.25) is 0 Å². The van der Waals surface area contributed by atoms with E-state index in [-0.39, 0.29) is 12.2 Å². The minimum Gasteiger partial charge on any atom is -0.444 e. The fourth-order valence-corrected chi connectivity index (χ4v) is 2.61. The number of nitrogens with one attached hydrogen (secondary N) is 1. The molecular formula is C17H25ClN2O3. The molecule has 1 atom stereocenters. The number of rotatable bonds is 3. The molecule has 0 saturated carbocycles. The van der Waals surface area contributed by atoms with Crippen molar-refractivity contribution in [3.63, 3.8) is 0 Å². The smallest absolute Gasteiger partial charge is 0.410 e. The third-order valence-electron chi connectivity index (χ3n) is 3.50. The predicted octanol–water partition coefficient (Wildman–Crippen LogP) is 3.70. The molecular weight excluding hydrogens is 316 g/mol. The number of amides is 1. The molecule has 5 nitrogen and oxygen atoms in total. The molecule has 6 heteroatoms. The van der Waals surface area contributed by atoms with E-state index >= 15 is 0 Å². The van der Waals surface area contributed by atoms with Gasteiger partial charge in [0, 0.05) is 23.8 Å². The first kappa shape index (κ1) is 17.9. The average molecular weight is 341 g/mol. The van der Waals surface area contributed by atoms with Crippen molar-refractivity contribution in [3.8, 4) is 0 Å². The SMILES string of the molecule is Cc1cc(Cl)ccc1NC[C@@H]1CN(C(=O)OC(C)(C)C)CCO1. The second kappa shape index (κ2) is 7.41. The van der Waals surface area contributed by atoms with Crippen LogP contribution in [0.3, 0.4) is 0 Å². The number of hydrogen-bond donors (Lipinski definition) is 1. The van der Waals surface area contributed by atoms with Crippen LogP contribution in [0.15, 0.2) is 18.2 Å². The highest BCUT2D eigenvalue weighted by atomic mass is 35.5. The lowest BCUT2D eigenvalue weighted by Gasteiger charge is -2.34. The molecule has 0 radical (unpaired) electrons. The second-order valence-corrected chi connectivity index (χ2v) is 7.20. The third kappa shape index (κ3) is 5.59. The lowest BCUT2D eigenvalue weighted by atomic mass is 10.2. The van der Waals surface area contributed by atoms with E-state index in [2.05, 4.69) is 5.32 Å². The van der Waals surface area contributed by atoms with E-state index in [1.54, 1.807) is 4.90 Å².